The second-order valence-electron chi connectivity index (χ2n) is 11.7. The SMILES string of the molecule is CC1(C)COCC1n1c(Cc2c(F)cc(-c3cccc(OCc4ccc(C#N)cc4)n3)c(F)c2F)nc2c(F)cc(C(=O)O)cc21. The van der Waals surface area contributed by atoms with Crippen molar-refractivity contribution in [2.75, 3.05) is 13.2 Å². The number of nitriles is 1. The van der Waals surface area contributed by atoms with Crippen LogP contribution in [-0.2, 0) is 17.8 Å². The average Bonchev–Trinajstić information content (AvgIpc) is 3.58. The van der Waals surface area contributed by atoms with E-state index in [-0.39, 0.29) is 47.2 Å². The molecular formula is C34H26F4N4O4. The third-order valence-corrected chi connectivity index (χ3v) is 8.09. The second-order valence-corrected chi connectivity index (χ2v) is 11.7. The van der Waals surface area contributed by atoms with Crippen molar-refractivity contribution in [2.24, 2.45) is 5.41 Å². The van der Waals surface area contributed by atoms with Gasteiger partial charge in [0.2, 0.25) is 5.88 Å². The molecule has 3 aromatic carbocycles. The van der Waals surface area contributed by atoms with E-state index in [1.807, 2.05) is 19.9 Å². The van der Waals surface area contributed by atoms with Gasteiger partial charge in [0.05, 0.1) is 47.7 Å². The summed E-state index contributed by atoms with van der Waals surface area (Å²) >= 11 is 0. The molecule has 1 fully saturated rings. The molecule has 0 aliphatic carbocycles. The van der Waals surface area contributed by atoms with Crippen LogP contribution in [-0.4, -0.2) is 38.8 Å². The zero-order valence-electron chi connectivity index (χ0n) is 24.7. The monoisotopic (exact) mass is 630 g/mol. The summed E-state index contributed by atoms with van der Waals surface area (Å²) in [5, 5.41) is 18.5. The molecule has 1 aliphatic rings. The largest absolute Gasteiger partial charge is 0.478 e. The molecule has 1 saturated heterocycles. The lowest BCUT2D eigenvalue weighted by atomic mass is 9.87. The quantitative estimate of drug-likeness (QED) is 0.145. The Labute approximate surface area is 260 Å². The Morgan fingerprint density at radius 1 is 1.07 bits per heavy atom. The van der Waals surface area contributed by atoms with Gasteiger partial charge in [0.25, 0.3) is 0 Å². The van der Waals surface area contributed by atoms with Crippen LogP contribution in [0.25, 0.3) is 22.3 Å². The van der Waals surface area contributed by atoms with E-state index < -0.39 is 58.2 Å². The number of carbonyl (C=O) groups is 1. The van der Waals surface area contributed by atoms with E-state index in [0.29, 0.717) is 12.2 Å². The van der Waals surface area contributed by atoms with Crippen molar-refractivity contribution in [3.63, 3.8) is 0 Å². The van der Waals surface area contributed by atoms with Gasteiger partial charge < -0.3 is 19.1 Å². The maximum Gasteiger partial charge on any atom is 0.335 e. The number of fused-ring (bicyclic) bond motifs is 1. The summed E-state index contributed by atoms with van der Waals surface area (Å²) in [6.45, 7) is 4.36. The molecule has 1 aliphatic heterocycles. The maximum atomic E-state index is 15.7. The highest BCUT2D eigenvalue weighted by Crippen LogP contribution is 2.41. The molecule has 1 N–H and O–H groups in total. The summed E-state index contributed by atoms with van der Waals surface area (Å²) in [5.74, 6) is -6.06. The summed E-state index contributed by atoms with van der Waals surface area (Å²) < 4.78 is 74.9. The van der Waals surface area contributed by atoms with Crippen LogP contribution < -0.4 is 4.74 Å². The molecule has 2 aromatic heterocycles. The predicted octanol–water partition coefficient (Wildman–Crippen LogP) is 6.99. The summed E-state index contributed by atoms with van der Waals surface area (Å²) in [6, 6.07) is 15.5. The first kappa shape index (κ1) is 30.7. The Kier molecular flexibility index (Phi) is 7.96. The number of nitrogens with zero attached hydrogens (tertiary/aromatic N) is 4. The number of aromatic carboxylic acids is 1. The van der Waals surface area contributed by atoms with Crippen LogP contribution in [0, 0.1) is 40.0 Å². The molecule has 8 nitrogen and oxygen atoms in total. The van der Waals surface area contributed by atoms with Gasteiger partial charge >= 0.3 is 5.97 Å². The Morgan fingerprint density at radius 2 is 1.83 bits per heavy atom. The number of benzene rings is 3. The van der Waals surface area contributed by atoms with Gasteiger partial charge in [0.1, 0.15) is 23.8 Å². The third kappa shape index (κ3) is 5.65. The first-order valence-corrected chi connectivity index (χ1v) is 14.2. The number of hydrogen-bond acceptors (Lipinski definition) is 6. The first-order chi connectivity index (χ1) is 22.0. The first-order valence-electron chi connectivity index (χ1n) is 14.2. The molecule has 0 saturated carbocycles. The fourth-order valence-electron chi connectivity index (χ4n) is 5.59. The fourth-order valence-corrected chi connectivity index (χ4v) is 5.59. The van der Waals surface area contributed by atoms with Crippen molar-refractivity contribution in [3.8, 4) is 23.2 Å². The van der Waals surface area contributed by atoms with Gasteiger partial charge in [-0.25, -0.2) is 32.3 Å². The predicted molar refractivity (Wildman–Crippen MR) is 158 cm³/mol. The number of aromatic nitrogens is 3. The average molecular weight is 631 g/mol. The minimum absolute atomic E-state index is 0.0151. The van der Waals surface area contributed by atoms with E-state index in [1.54, 1.807) is 28.8 Å². The van der Waals surface area contributed by atoms with Crippen molar-refractivity contribution < 1.29 is 36.9 Å². The summed E-state index contributed by atoms with van der Waals surface area (Å²) in [5.41, 5.74) is -0.809. The molecule has 0 spiro atoms. The molecule has 0 amide bonds. The molecule has 1 atom stereocenters. The van der Waals surface area contributed by atoms with Crippen molar-refractivity contribution in [1.82, 2.24) is 14.5 Å². The Morgan fingerprint density at radius 3 is 2.50 bits per heavy atom. The number of pyridine rings is 1. The topological polar surface area (TPSA) is 110 Å². The number of imidazole rings is 1. The smallest absolute Gasteiger partial charge is 0.335 e. The zero-order chi connectivity index (χ0) is 32.7. The number of hydrogen-bond donors (Lipinski definition) is 1. The molecule has 0 bridgehead atoms. The van der Waals surface area contributed by atoms with E-state index in [1.165, 1.54) is 24.3 Å². The normalized spacial score (nSPS) is 15.6. The van der Waals surface area contributed by atoms with Gasteiger partial charge in [-0.3, -0.25) is 0 Å². The van der Waals surface area contributed by atoms with Gasteiger partial charge in [-0.1, -0.05) is 32.0 Å². The minimum atomic E-state index is -1.46. The lowest BCUT2D eigenvalue weighted by Crippen LogP contribution is -2.27. The van der Waals surface area contributed by atoms with Crippen molar-refractivity contribution >= 4 is 17.0 Å². The Bertz CT molecular complexity index is 2040. The highest BCUT2D eigenvalue weighted by Gasteiger charge is 2.39. The van der Waals surface area contributed by atoms with E-state index in [0.717, 1.165) is 17.7 Å². The highest BCUT2D eigenvalue weighted by atomic mass is 19.2. The number of carboxylic acid groups (broad SMARTS) is 1. The molecule has 1 unspecified atom stereocenters. The molecule has 6 rings (SSSR count). The molecule has 3 heterocycles. The van der Waals surface area contributed by atoms with Crippen molar-refractivity contribution in [1.29, 1.82) is 5.26 Å². The molecule has 46 heavy (non-hydrogen) atoms. The van der Waals surface area contributed by atoms with E-state index >= 15 is 17.6 Å². The lowest BCUT2D eigenvalue weighted by Gasteiger charge is -2.28. The van der Waals surface area contributed by atoms with Crippen LogP contribution in [0.1, 0.15) is 52.8 Å². The molecule has 0 radical (unpaired) electrons. The summed E-state index contributed by atoms with van der Waals surface area (Å²) in [4.78, 5) is 20.2. The van der Waals surface area contributed by atoms with E-state index in [2.05, 4.69) is 9.97 Å². The standard InChI is InChI=1S/C34H26F4N4O4/c1-34(2)17-45-16-27(34)42-26-11-20(33(43)44)10-24(36)32(26)41-28(42)13-21-23(35)12-22(31(38)30(21)37)25-4-3-5-29(40-25)46-15-19-8-6-18(14-39)7-9-19/h3-12,27H,13,15-17H2,1-2H3,(H,43,44). The van der Waals surface area contributed by atoms with Gasteiger partial charge in [0, 0.05) is 29.0 Å². The van der Waals surface area contributed by atoms with Crippen LogP contribution in [0.5, 0.6) is 5.88 Å². The Balaban J connectivity index is 1.36. The maximum absolute atomic E-state index is 15.7. The van der Waals surface area contributed by atoms with E-state index in [4.69, 9.17) is 14.7 Å². The molecule has 12 heteroatoms. The van der Waals surface area contributed by atoms with Crippen LogP contribution in [0.3, 0.4) is 0 Å². The minimum Gasteiger partial charge on any atom is -0.478 e. The van der Waals surface area contributed by atoms with Crippen LogP contribution >= 0.6 is 0 Å². The van der Waals surface area contributed by atoms with Gasteiger partial charge in [-0.2, -0.15) is 5.26 Å². The fraction of sp³-hybridized carbons (Fsp3) is 0.235. The molecule has 234 valence electrons. The number of halogens is 4. The van der Waals surface area contributed by atoms with E-state index in [9.17, 15) is 9.90 Å². The zero-order valence-corrected chi connectivity index (χ0v) is 24.7. The van der Waals surface area contributed by atoms with Gasteiger partial charge in [0.15, 0.2) is 17.5 Å². The number of rotatable bonds is 8. The Hall–Kier alpha value is -5.28. The number of ether oxygens (including phenoxy) is 2. The van der Waals surface area contributed by atoms with Crippen LogP contribution in [0.15, 0.2) is 60.7 Å². The third-order valence-electron chi connectivity index (χ3n) is 8.09. The van der Waals surface area contributed by atoms with Gasteiger partial charge in [-0.15, -0.1) is 0 Å². The second kappa shape index (κ2) is 11.9. The number of carboxylic acids is 1. The summed E-state index contributed by atoms with van der Waals surface area (Å²) in [6.07, 6.45) is -0.556. The van der Waals surface area contributed by atoms with Crippen LogP contribution in [0.4, 0.5) is 17.6 Å². The molecule has 5 aromatic rings. The molecular weight excluding hydrogens is 604 g/mol. The summed E-state index contributed by atoms with van der Waals surface area (Å²) in [7, 11) is 0. The van der Waals surface area contributed by atoms with Gasteiger partial charge in [-0.05, 0) is 42.0 Å². The lowest BCUT2D eigenvalue weighted by molar-refractivity contribution is 0.0696. The van der Waals surface area contributed by atoms with Crippen molar-refractivity contribution in [3.05, 3.63) is 112 Å². The van der Waals surface area contributed by atoms with Crippen LogP contribution in [0.2, 0.25) is 0 Å². The van der Waals surface area contributed by atoms with Crippen molar-refractivity contribution in [2.45, 2.75) is 32.9 Å². The highest BCUT2D eigenvalue weighted by molar-refractivity contribution is 5.93.